The van der Waals surface area contributed by atoms with E-state index in [2.05, 4.69) is 43.4 Å². The van der Waals surface area contributed by atoms with E-state index in [0.717, 1.165) is 36.1 Å². The molecule has 1 aromatic heterocycles. The van der Waals surface area contributed by atoms with E-state index in [1.807, 2.05) is 0 Å². The van der Waals surface area contributed by atoms with E-state index in [1.54, 1.807) is 0 Å². The number of hydrogen-bond donors (Lipinski definition) is 1. The number of aryl methyl sites for hydroxylation is 1. The molecule has 4 nitrogen and oxygen atoms in total. The van der Waals surface area contributed by atoms with Gasteiger partial charge in [-0.3, -0.25) is 0 Å². The standard InChI is InChI=1S/C17H23NO3/c1-3-7-18-14(11-16-19-8-9-20-16)15-10-13-6-4-5-12(2)17(13)21-15/h4-6,10,14,16,18H,3,7-9,11H2,1-2H3. The number of ether oxygens (including phenoxy) is 2. The summed E-state index contributed by atoms with van der Waals surface area (Å²) >= 11 is 0. The molecule has 0 aliphatic carbocycles. The highest BCUT2D eigenvalue weighted by Gasteiger charge is 2.24. The minimum atomic E-state index is -0.131. The van der Waals surface area contributed by atoms with Gasteiger partial charge in [0.15, 0.2) is 6.29 Å². The Labute approximate surface area is 125 Å². The molecule has 21 heavy (non-hydrogen) atoms. The van der Waals surface area contributed by atoms with Crippen molar-refractivity contribution in [2.45, 2.75) is 39.0 Å². The van der Waals surface area contributed by atoms with Gasteiger partial charge in [-0.15, -0.1) is 0 Å². The van der Waals surface area contributed by atoms with Crippen LogP contribution in [-0.4, -0.2) is 26.0 Å². The summed E-state index contributed by atoms with van der Waals surface area (Å²) in [4.78, 5) is 0. The number of furan rings is 1. The van der Waals surface area contributed by atoms with Crippen molar-refractivity contribution in [1.82, 2.24) is 5.32 Å². The molecule has 1 fully saturated rings. The predicted molar refractivity (Wildman–Crippen MR) is 82.3 cm³/mol. The molecule has 2 aromatic rings. The molecular formula is C17H23NO3. The van der Waals surface area contributed by atoms with Crippen LogP contribution in [-0.2, 0) is 9.47 Å². The lowest BCUT2D eigenvalue weighted by Crippen LogP contribution is -2.26. The number of para-hydroxylation sites is 1. The van der Waals surface area contributed by atoms with E-state index < -0.39 is 0 Å². The minimum absolute atomic E-state index is 0.125. The maximum absolute atomic E-state index is 6.09. The van der Waals surface area contributed by atoms with Crippen LogP contribution in [0.4, 0.5) is 0 Å². The number of rotatable bonds is 6. The Kier molecular flexibility index (Phi) is 4.58. The van der Waals surface area contributed by atoms with E-state index >= 15 is 0 Å². The van der Waals surface area contributed by atoms with Crippen LogP contribution in [0.15, 0.2) is 28.7 Å². The summed E-state index contributed by atoms with van der Waals surface area (Å²) in [6, 6.07) is 8.49. The quantitative estimate of drug-likeness (QED) is 0.883. The number of benzene rings is 1. The molecule has 1 saturated heterocycles. The van der Waals surface area contributed by atoms with Crippen molar-refractivity contribution in [3.63, 3.8) is 0 Å². The van der Waals surface area contributed by atoms with Gasteiger partial charge in [0, 0.05) is 11.8 Å². The second-order valence-electron chi connectivity index (χ2n) is 5.56. The lowest BCUT2D eigenvalue weighted by Gasteiger charge is -2.19. The molecule has 0 saturated carbocycles. The molecule has 1 atom stereocenters. The van der Waals surface area contributed by atoms with Crippen LogP contribution in [0, 0.1) is 6.92 Å². The van der Waals surface area contributed by atoms with E-state index in [0.29, 0.717) is 13.2 Å². The molecule has 0 spiro atoms. The molecule has 1 unspecified atom stereocenters. The van der Waals surface area contributed by atoms with E-state index in [1.165, 1.54) is 5.56 Å². The SMILES string of the molecule is CCCNC(CC1OCCO1)c1cc2cccc(C)c2o1. The highest BCUT2D eigenvalue weighted by Crippen LogP contribution is 2.29. The molecule has 0 amide bonds. The summed E-state index contributed by atoms with van der Waals surface area (Å²) in [6.07, 6.45) is 1.73. The van der Waals surface area contributed by atoms with Gasteiger partial charge in [0.25, 0.3) is 0 Å². The Morgan fingerprint density at radius 1 is 1.29 bits per heavy atom. The summed E-state index contributed by atoms with van der Waals surface area (Å²) < 4.78 is 17.3. The molecular weight excluding hydrogens is 266 g/mol. The van der Waals surface area contributed by atoms with Gasteiger partial charge >= 0.3 is 0 Å². The van der Waals surface area contributed by atoms with Crippen LogP contribution in [0.2, 0.25) is 0 Å². The van der Waals surface area contributed by atoms with Crippen LogP contribution in [0.3, 0.4) is 0 Å². The first-order chi connectivity index (χ1) is 10.3. The van der Waals surface area contributed by atoms with Crippen LogP contribution in [0.1, 0.15) is 37.1 Å². The van der Waals surface area contributed by atoms with Gasteiger partial charge in [-0.2, -0.15) is 0 Å². The fraction of sp³-hybridized carbons (Fsp3) is 0.529. The van der Waals surface area contributed by atoms with E-state index in [9.17, 15) is 0 Å². The Balaban J connectivity index is 1.83. The van der Waals surface area contributed by atoms with Crippen molar-refractivity contribution in [2.75, 3.05) is 19.8 Å². The zero-order valence-corrected chi connectivity index (χ0v) is 12.7. The third-order valence-corrected chi connectivity index (χ3v) is 3.86. The molecule has 1 aliphatic heterocycles. The Morgan fingerprint density at radius 3 is 2.81 bits per heavy atom. The first-order valence-electron chi connectivity index (χ1n) is 7.73. The maximum atomic E-state index is 6.09. The summed E-state index contributed by atoms with van der Waals surface area (Å²) in [5, 5.41) is 4.69. The molecule has 1 aromatic carbocycles. The molecule has 4 heteroatoms. The average Bonchev–Trinajstić information content (AvgIpc) is 3.13. The topological polar surface area (TPSA) is 43.6 Å². The Hall–Kier alpha value is -1.36. The monoisotopic (exact) mass is 289 g/mol. The molecule has 0 radical (unpaired) electrons. The van der Waals surface area contributed by atoms with Crippen LogP contribution < -0.4 is 5.32 Å². The van der Waals surface area contributed by atoms with Gasteiger partial charge in [0.1, 0.15) is 11.3 Å². The molecule has 1 N–H and O–H groups in total. The van der Waals surface area contributed by atoms with Crippen molar-refractivity contribution in [3.8, 4) is 0 Å². The van der Waals surface area contributed by atoms with Gasteiger partial charge in [0.2, 0.25) is 0 Å². The second-order valence-corrected chi connectivity index (χ2v) is 5.56. The zero-order chi connectivity index (χ0) is 14.7. The van der Waals surface area contributed by atoms with Gasteiger partial charge < -0.3 is 19.2 Å². The molecule has 0 bridgehead atoms. The van der Waals surface area contributed by atoms with Crippen LogP contribution in [0.25, 0.3) is 11.0 Å². The predicted octanol–water partition coefficient (Wildman–Crippen LogP) is 3.54. The smallest absolute Gasteiger partial charge is 0.159 e. The number of hydrogen-bond acceptors (Lipinski definition) is 4. The lowest BCUT2D eigenvalue weighted by atomic mass is 10.1. The summed E-state index contributed by atoms with van der Waals surface area (Å²) in [5.41, 5.74) is 2.14. The van der Waals surface area contributed by atoms with Gasteiger partial charge in [-0.1, -0.05) is 25.1 Å². The van der Waals surface area contributed by atoms with Crippen LogP contribution in [0.5, 0.6) is 0 Å². The fourth-order valence-electron chi connectivity index (χ4n) is 2.75. The third kappa shape index (κ3) is 3.28. The van der Waals surface area contributed by atoms with Crippen molar-refractivity contribution in [2.24, 2.45) is 0 Å². The highest BCUT2D eigenvalue weighted by molar-refractivity contribution is 5.81. The van der Waals surface area contributed by atoms with Gasteiger partial charge in [-0.25, -0.2) is 0 Å². The zero-order valence-electron chi connectivity index (χ0n) is 12.7. The lowest BCUT2D eigenvalue weighted by molar-refractivity contribution is -0.0541. The maximum Gasteiger partial charge on any atom is 0.159 e. The molecule has 114 valence electrons. The van der Waals surface area contributed by atoms with Crippen molar-refractivity contribution < 1.29 is 13.9 Å². The first kappa shape index (κ1) is 14.6. The minimum Gasteiger partial charge on any atom is -0.459 e. The summed E-state index contributed by atoms with van der Waals surface area (Å²) in [6.45, 7) is 6.56. The molecule has 2 heterocycles. The highest BCUT2D eigenvalue weighted by atomic mass is 16.7. The largest absolute Gasteiger partial charge is 0.459 e. The third-order valence-electron chi connectivity index (χ3n) is 3.86. The first-order valence-corrected chi connectivity index (χ1v) is 7.73. The normalized spacial score (nSPS) is 17.6. The summed E-state index contributed by atoms with van der Waals surface area (Å²) in [5.74, 6) is 0.965. The Bertz CT molecular complexity index is 587. The van der Waals surface area contributed by atoms with Gasteiger partial charge in [-0.05, 0) is 31.5 Å². The number of nitrogens with one attached hydrogen (secondary N) is 1. The Morgan fingerprint density at radius 2 is 2.10 bits per heavy atom. The van der Waals surface area contributed by atoms with Gasteiger partial charge in [0.05, 0.1) is 19.3 Å². The van der Waals surface area contributed by atoms with Crippen LogP contribution >= 0.6 is 0 Å². The second kappa shape index (κ2) is 6.60. The fourth-order valence-corrected chi connectivity index (χ4v) is 2.75. The van der Waals surface area contributed by atoms with Crippen molar-refractivity contribution >= 4 is 11.0 Å². The van der Waals surface area contributed by atoms with E-state index in [-0.39, 0.29) is 12.3 Å². The molecule has 1 aliphatic rings. The number of fused-ring (bicyclic) bond motifs is 1. The van der Waals surface area contributed by atoms with Crippen molar-refractivity contribution in [3.05, 3.63) is 35.6 Å². The van der Waals surface area contributed by atoms with Crippen molar-refractivity contribution in [1.29, 1.82) is 0 Å². The summed E-state index contributed by atoms with van der Waals surface area (Å²) in [7, 11) is 0. The van der Waals surface area contributed by atoms with E-state index in [4.69, 9.17) is 13.9 Å². The average molecular weight is 289 g/mol. The molecule has 3 rings (SSSR count).